The Hall–Kier alpha value is -3.14. The van der Waals surface area contributed by atoms with E-state index in [2.05, 4.69) is 15.1 Å². The Morgan fingerprint density at radius 2 is 1.93 bits per heavy atom. The molecule has 8 nitrogen and oxygen atoms in total. The van der Waals surface area contributed by atoms with Crippen LogP contribution in [0, 0.1) is 5.82 Å². The Morgan fingerprint density at radius 3 is 2.59 bits per heavy atom. The summed E-state index contributed by atoms with van der Waals surface area (Å²) in [5.74, 6) is -0.748. The first-order valence-corrected chi connectivity index (χ1v) is 9.33. The average Bonchev–Trinajstić information content (AvgIpc) is 3.15. The summed E-state index contributed by atoms with van der Waals surface area (Å²) in [6.07, 6.45) is 1.51. The number of hydrogen-bond donors (Lipinski definition) is 0. The highest BCUT2D eigenvalue weighted by Gasteiger charge is 2.25. The minimum atomic E-state index is -4.06. The number of amides is 1. The molecule has 0 unspecified atom stereocenters. The summed E-state index contributed by atoms with van der Waals surface area (Å²) in [5.41, 5.74) is 0.523. The molecule has 0 spiro atoms. The molecule has 3 aromatic rings. The number of rotatable bonds is 6. The van der Waals surface area contributed by atoms with Gasteiger partial charge in [-0.1, -0.05) is 11.2 Å². The summed E-state index contributed by atoms with van der Waals surface area (Å²) in [6, 6.07) is 9.48. The molecular formula is C17H15FN4O4S. The Kier molecular flexibility index (Phi) is 5.26. The molecule has 0 saturated carbocycles. The normalized spacial score (nSPS) is 11.3. The molecule has 140 valence electrons. The summed E-state index contributed by atoms with van der Waals surface area (Å²) in [5, 5.41) is 3.79. The van der Waals surface area contributed by atoms with E-state index in [4.69, 9.17) is 4.52 Å². The second kappa shape index (κ2) is 7.62. The molecule has 0 atom stereocenters. The maximum Gasteiger partial charge on any atom is 0.266 e. The number of nitrogens with zero attached hydrogens (tertiary/aromatic N) is 4. The number of sulfonamides is 1. The molecule has 0 aliphatic carbocycles. The second-order valence-corrected chi connectivity index (χ2v) is 7.52. The van der Waals surface area contributed by atoms with E-state index in [-0.39, 0.29) is 29.5 Å². The van der Waals surface area contributed by atoms with Gasteiger partial charge in [-0.25, -0.2) is 17.1 Å². The number of pyridine rings is 1. The number of hydrogen-bond acceptors (Lipinski definition) is 7. The summed E-state index contributed by atoms with van der Waals surface area (Å²) in [6.45, 7) is 0. The van der Waals surface area contributed by atoms with E-state index in [1.807, 2.05) is 0 Å². The quantitative estimate of drug-likeness (QED) is 0.634. The molecule has 0 aliphatic heterocycles. The fourth-order valence-corrected chi connectivity index (χ4v) is 3.38. The average molecular weight is 390 g/mol. The minimum Gasteiger partial charge on any atom is -0.339 e. The van der Waals surface area contributed by atoms with Gasteiger partial charge < -0.3 is 4.52 Å². The number of carbonyl (C=O) groups excluding carboxylic acids is 1. The Labute approximate surface area is 154 Å². The highest BCUT2D eigenvalue weighted by Crippen LogP contribution is 2.17. The predicted molar refractivity (Wildman–Crippen MR) is 92.2 cm³/mol. The van der Waals surface area contributed by atoms with Gasteiger partial charge in [0.15, 0.2) is 0 Å². The fourth-order valence-electron chi connectivity index (χ4n) is 2.23. The molecule has 10 heteroatoms. The summed E-state index contributed by atoms with van der Waals surface area (Å²) in [4.78, 5) is 20.3. The van der Waals surface area contributed by atoms with Crippen LogP contribution in [-0.2, 0) is 21.2 Å². The van der Waals surface area contributed by atoms with Crippen LogP contribution in [0.3, 0.4) is 0 Å². The molecule has 0 radical (unpaired) electrons. The van der Waals surface area contributed by atoms with E-state index >= 15 is 0 Å². The van der Waals surface area contributed by atoms with Crippen LogP contribution in [0.15, 0.2) is 58.1 Å². The first kappa shape index (κ1) is 18.6. The largest absolute Gasteiger partial charge is 0.339 e. The Morgan fingerprint density at radius 1 is 1.19 bits per heavy atom. The molecule has 2 heterocycles. The van der Waals surface area contributed by atoms with Gasteiger partial charge in [-0.05, 0) is 36.4 Å². The van der Waals surface area contributed by atoms with Crippen LogP contribution in [0.25, 0.3) is 11.5 Å². The van der Waals surface area contributed by atoms with Crippen molar-refractivity contribution in [2.24, 2.45) is 0 Å². The van der Waals surface area contributed by atoms with Gasteiger partial charge in [-0.2, -0.15) is 4.98 Å². The zero-order valence-corrected chi connectivity index (χ0v) is 15.1. The Bertz CT molecular complexity index is 1040. The van der Waals surface area contributed by atoms with Crippen molar-refractivity contribution in [3.8, 4) is 11.5 Å². The van der Waals surface area contributed by atoms with Gasteiger partial charge >= 0.3 is 0 Å². The third kappa shape index (κ3) is 4.17. The highest BCUT2D eigenvalue weighted by molar-refractivity contribution is 7.89. The molecule has 0 bridgehead atoms. The standard InChI is InChI=1S/C17H15FN4O4S/c1-22(27(24,25)13-7-5-12(18)6-8-13)16(23)10-9-15-20-17(21-26-15)14-4-2-3-11-19-14/h2-8,11H,9-10H2,1H3. The van der Waals surface area contributed by atoms with Crippen molar-refractivity contribution >= 4 is 15.9 Å². The van der Waals surface area contributed by atoms with E-state index in [0.29, 0.717) is 10.00 Å². The van der Waals surface area contributed by atoms with Gasteiger partial charge in [-0.3, -0.25) is 9.78 Å². The molecule has 1 aromatic carbocycles. The number of aryl methyl sites for hydroxylation is 1. The van der Waals surface area contributed by atoms with Crippen LogP contribution < -0.4 is 0 Å². The van der Waals surface area contributed by atoms with Gasteiger partial charge in [0, 0.05) is 26.1 Å². The number of aromatic nitrogens is 3. The van der Waals surface area contributed by atoms with Gasteiger partial charge in [-0.15, -0.1) is 0 Å². The van der Waals surface area contributed by atoms with Crippen molar-refractivity contribution in [2.45, 2.75) is 17.7 Å². The topological polar surface area (TPSA) is 106 Å². The van der Waals surface area contributed by atoms with Crippen LogP contribution in [0.1, 0.15) is 12.3 Å². The highest BCUT2D eigenvalue weighted by atomic mass is 32.2. The molecule has 0 aliphatic rings. The second-order valence-electron chi connectivity index (χ2n) is 5.55. The summed E-state index contributed by atoms with van der Waals surface area (Å²) in [7, 11) is -2.91. The lowest BCUT2D eigenvalue weighted by molar-refractivity contribution is -0.125. The van der Waals surface area contributed by atoms with E-state index in [0.717, 1.165) is 31.3 Å². The number of benzene rings is 1. The van der Waals surface area contributed by atoms with Crippen LogP contribution in [0.4, 0.5) is 4.39 Å². The molecule has 2 aromatic heterocycles. The first-order valence-electron chi connectivity index (χ1n) is 7.89. The van der Waals surface area contributed by atoms with E-state index in [1.165, 1.54) is 0 Å². The molecule has 0 N–H and O–H groups in total. The Balaban J connectivity index is 1.65. The van der Waals surface area contributed by atoms with Crippen LogP contribution in [0.2, 0.25) is 0 Å². The van der Waals surface area contributed by atoms with Gasteiger partial charge in [0.25, 0.3) is 10.0 Å². The van der Waals surface area contributed by atoms with Gasteiger partial charge in [0.1, 0.15) is 11.5 Å². The third-order valence-corrected chi connectivity index (χ3v) is 5.53. The van der Waals surface area contributed by atoms with Gasteiger partial charge in [0.05, 0.1) is 4.90 Å². The molecule has 1 amide bonds. The van der Waals surface area contributed by atoms with Crippen molar-refractivity contribution in [1.82, 2.24) is 19.4 Å². The molecular weight excluding hydrogens is 375 g/mol. The first-order chi connectivity index (χ1) is 12.9. The van der Waals surface area contributed by atoms with Crippen molar-refractivity contribution in [3.05, 3.63) is 60.4 Å². The SMILES string of the molecule is CN(C(=O)CCc1nc(-c2ccccn2)no1)S(=O)(=O)c1ccc(F)cc1. The minimum absolute atomic E-state index is 0.0714. The number of carbonyl (C=O) groups is 1. The lowest BCUT2D eigenvalue weighted by Crippen LogP contribution is -2.33. The lowest BCUT2D eigenvalue weighted by atomic mass is 10.3. The van der Waals surface area contributed by atoms with Crippen LogP contribution >= 0.6 is 0 Å². The van der Waals surface area contributed by atoms with E-state index in [9.17, 15) is 17.6 Å². The number of halogens is 1. The molecule has 3 rings (SSSR count). The van der Waals surface area contributed by atoms with Crippen molar-refractivity contribution < 1.29 is 22.1 Å². The van der Waals surface area contributed by atoms with Gasteiger partial charge in [0.2, 0.25) is 17.6 Å². The molecule has 0 saturated heterocycles. The maximum absolute atomic E-state index is 13.0. The lowest BCUT2D eigenvalue weighted by Gasteiger charge is -2.17. The maximum atomic E-state index is 13.0. The van der Waals surface area contributed by atoms with E-state index < -0.39 is 21.7 Å². The predicted octanol–water partition coefficient (Wildman–Crippen LogP) is 2.05. The third-order valence-electron chi connectivity index (χ3n) is 3.74. The van der Waals surface area contributed by atoms with Crippen LogP contribution in [-0.4, -0.2) is 40.8 Å². The van der Waals surface area contributed by atoms with Crippen LogP contribution in [0.5, 0.6) is 0 Å². The van der Waals surface area contributed by atoms with E-state index in [1.54, 1.807) is 24.4 Å². The molecule has 27 heavy (non-hydrogen) atoms. The molecule has 0 fully saturated rings. The van der Waals surface area contributed by atoms with Crippen molar-refractivity contribution in [2.75, 3.05) is 7.05 Å². The monoisotopic (exact) mass is 390 g/mol. The fraction of sp³-hybridized carbons (Fsp3) is 0.176. The van der Waals surface area contributed by atoms with Crippen molar-refractivity contribution in [3.63, 3.8) is 0 Å². The summed E-state index contributed by atoms with van der Waals surface area (Å²) >= 11 is 0. The van der Waals surface area contributed by atoms with Crippen molar-refractivity contribution in [1.29, 1.82) is 0 Å². The smallest absolute Gasteiger partial charge is 0.266 e. The summed E-state index contributed by atoms with van der Waals surface area (Å²) < 4.78 is 43.5. The zero-order valence-electron chi connectivity index (χ0n) is 14.2. The zero-order chi connectivity index (χ0) is 19.4.